The van der Waals surface area contributed by atoms with Gasteiger partial charge in [0, 0.05) is 18.5 Å². The van der Waals surface area contributed by atoms with E-state index in [1.54, 1.807) is 46.2 Å². The smallest absolute Gasteiger partial charge is 0.351 e. The number of hydrogen-bond donors (Lipinski definition) is 0. The maximum Gasteiger partial charge on any atom is 0.351 e. The van der Waals surface area contributed by atoms with Gasteiger partial charge in [-0.05, 0) is 109 Å². The quantitative estimate of drug-likeness (QED) is 0.0932. The molecular formula is C40H49N3O11S2. The summed E-state index contributed by atoms with van der Waals surface area (Å²) in [4.78, 5) is 66.7. The highest BCUT2D eigenvalue weighted by Gasteiger charge is 2.51. The summed E-state index contributed by atoms with van der Waals surface area (Å²) in [6.07, 6.45) is 2.94. The second-order valence-corrected chi connectivity index (χ2v) is 16.5. The van der Waals surface area contributed by atoms with Gasteiger partial charge in [0.1, 0.15) is 21.1 Å². The number of esters is 4. The van der Waals surface area contributed by atoms with Gasteiger partial charge in [-0.3, -0.25) is 9.69 Å². The van der Waals surface area contributed by atoms with Gasteiger partial charge in [0.15, 0.2) is 17.6 Å². The van der Waals surface area contributed by atoms with Crippen LogP contribution in [0.5, 0.6) is 11.5 Å². The average Bonchev–Trinajstić information content (AvgIpc) is 3.98. The van der Waals surface area contributed by atoms with E-state index in [4.69, 9.17) is 33.2 Å². The number of carbonyl (C=O) groups is 4. The van der Waals surface area contributed by atoms with Gasteiger partial charge >= 0.3 is 23.9 Å². The molecule has 6 rings (SSSR count). The van der Waals surface area contributed by atoms with E-state index in [9.17, 15) is 14.4 Å². The number of nitrogens with zero attached hydrogens (tertiary/aromatic N) is 3. The summed E-state index contributed by atoms with van der Waals surface area (Å²) in [6.45, 7) is 10.5. The number of aryl methyl sites for hydroxylation is 2. The topological polar surface area (TPSA) is 162 Å². The van der Waals surface area contributed by atoms with Gasteiger partial charge in [0.05, 0.1) is 43.0 Å². The van der Waals surface area contributed by atoms with Crippen molar-refractivity contribution in [1.82, 2.24) is 14.9 Å². The molecular weight excluding hydrogens is 763 g/mol. The minimum Gasteiger partial charge on any atom is -0.497 e. The molecule has 0 radical (unpaired) electrons. The zero-order chi connectivity index (χ0) is 40.2. The number of hydrogen-bond acceptors (Lipinski definition) is 16. The third kappa shape index (κ3) is 8.71. The largest absolute Gasteiger partial charge is 0.497 e. The van der Waals surface area contributed by atoms with Crippen LogP contribution in [0.4, 0.5) is 0 Å². The molecule has 0 aliphatic carbocycles. The number of thiazole rings is 2. The zero-order valence-electron chi connectivity index (χ0n) is 32.8. The summed E-state index contributed by atoms with van der Waals surface area (Å²) < 4.78 is 41.3. The standard InChI is InChI=1S/C40H49N3O11S2/c1-8-28(48-6)33(32-26-18-30-29(50-22-51-30)17-25(26)12-16-43-15-9-11-27(32)43)52-38(47)40(19-31(44)49-7,54-37(46)35-24(3)42-21-56-35)14-10-13-39(4,5)53-36(45)34-23(2)41-20-55-34/h8,17-18,20-21,27,32-33H,9-16,19,22H2,1-7H3/b28-8+/t27-,32+,33-,40-/m1/s1. The van der Waals surface area contributed by atoms with Gasteiger partial charge in [-0.1, -0.05) is 0 Å². The first-order chi connectivity index (χ1) is 26.8. The highest BCUT2D eigenvalue weighted by atomic mass is 32.1. The fourth-order valence-corrected chi connectivity index (χ4v) is 9.25. The van der Waals surface area contributed by atoms with Crippen LogP contribution in [-0.4, -0.2) is 96.2 Å². The molecule has 1 saturated heterocycles. The first kappa shape index (κ1) is 41.1. The van der Waals surface area contributed by atoms with Crippen molar-refractivity contribution in [2.24, 2.45) is 0 Å². The Balaban J connectivity index is 1.38. The molecule has 0 bridgehead atoms. The summed E-state index contributed by atoms with van der Waals surface area (Å²) in [5.41, 5.74) is 2.87. The number of fused-ring (bicyclic) bond motifs is 3. The van der Waals surface area contributed by atoms with Gasteiger partial charge in [-0.2, -0.15) is 0 Å². The molecule has 0 spiro atoms. The Kier molecular flexibility index (Phi) is 12.7. The third-order valence-corrected chi connectivity index (χ3v) is 12.6. The normalized spacial score (nSPS) is 19.5. The van der Waals surface area contributed by atoms with E-state index in [1.165, 1.54) is 31.1 Å². The number of allylic oxidation sites excluding steroid dienone is 1. The highest BCUT2D eigenvalue weighted by molar-refractivity contribution is 7.12. The number of rotatable bonds is 15. The zero-order valence-corrected chi connectivity index (χ0v) is 34.5. The molecule has 2 aromatic heterocycles. The van der Waals surface area contributed by atoms with E-state index in [0.717, 1.165) is 54.8 Å². The van der Waals surface area contributed by atoms with Crippen LogP contribution >= 0.6 is 22.7 Å². The monoisotopic (exact) mass is 811 g/mol. The Labute approximate surface area is 334 Å². The molecule has 4 atom stereocenters. The molecule has 0 amide bonds. The molecule has 3 aliphatic heterocycles. The first-order valence-corrected chi connectivity index (χ1v) is 20.5. The molecule has 5 heterocycles. The SMILES string of the molecule is C/C=C(/OC)[C@@H](OC(=O)[C@@](CCCC(C)(C)OC(=O)c1scnc1C)(CC(=O)OC)OC(=O)c1scnc1C)[C@H]1c2cc3c(cc2CCN2CCC[C@H]12)OCO3. The van der Waals surface area contributed by atoms with E-state index in [0.29, 0.717) is 33.5 Å². The third-order valence-electron chi connectivity index (χ3n) is 10.8. The number of ether oxygens (including phenoxy) is 7. The minimum atomic E-state index is -2.16. The van der Waals surface area contributed by atoms with E-state index in [2.05, 4.69) is 14.9 Å². The van der Waals surface area contributed by atoms with Crippen LogP contribution in [0, 0.1) is 13.8 Å². The molecule has 3 aromatic rings. The molecule has 16 heteroatoms. The lowest BCUT2D eigenvalue weighted by Gasteiger charge is -2.38. The number of methoxy groups -OCH3 is 2. The lowest BCUT2D eigenvalue weighted by Crippen LogP contribution is -2.50. The highest BCUT2D eigenvalue weighted by Crippen LogP contribution is 2.46. The maximum atomic E-state index is 15.1. The summed E-state index contributed by atoms with van der Waals surface area (Å²) in [7, 11) is 2.72. The van der Waals surface area contributed by atoms with Gasteiger partial charge < -0.3 is 33.2 Å². The van der Waals surface area contributed by atoms with Gasteiger partial charge in [0.25, 0.3) is 0 Å². The van der Waals surface area contributed by atoms with Crippen LogP contribution in [-0.2, 0) is 39.7 Å². The van der Waals surface area contributed by atoms with Crippen LogP contribution in [0.1, 0.15) is 107 Å². The number of carbonyl (C=O) groups excluding carboxylic acids is 4. The maximum absolute atomic E-state index is 15.1. The van der Waals surface area contributed by atoms with Crippen molar-refractivity contribution in [2.45, 2.75) is 109 Å². The van der Waals surface area contributed by atoms with Gasteiger partial charge in [0.2, 0.25) is 12.4 Å². The van der Waals surface area contributed by atoms with E-state index < -0.39 is 53.5 Å². The van der Waals surface area contributed by atoms with Crippen molar-refractivity contribution in [3.63, 3.8) is 0 Å². The second-order valence-electron chi connectivity index (χ2n) is 14.8. The summed E-state index contributed by atoms with van der Waals surface area (Å²) in [6, 6.07) is 3.94. The Bertz CT molecular complexity index is 1970. The predicted molar refractivity (Wildman–Crippen MR) is 206 cm³/mol. The molecule has 14 nitrogen and oxygen atoms in total. The lowest BCUT2D eigenvalue weighted by molar-refractivity contribution is -0.179. The van der Waals surface area contributed by atoms with E-state index in [1.807, 2.05) is 12.1 Å². The van der Waals surface area contributed by atoms with Crippen molar-refractivity contribution in [2.75, 3.05) is 34.1 Å². The van der Waals surface area contributed by atoms with E-state index in [-0.39, 0.29) is 37.0 Å². The van der Waals surface area contributed by atoms with Crippen molar-refractivity contribution in [1.29, 1.82) is 0 Å². The Hall–Kier alpha value is -4.54. The number of aromatic nitrogens is 2. The molecule has 1 aromatic carbocycles. The molecule has 0 N–H and O–H groups in total. The van der Waals surface area contributed by atoms with Crippen LogP contribution < -0.4 is 9.47 Å². The molecule has 56 heavy (non-hydrogen) atoms. The molecule has 0 unspecified atom stereocenters. The van der Waals surface area contributed by atoms with Crippen molar-refractivity contribution >= 4 is 46.6 Å². The van der Waals surface area contributed by atoms with Crippen molar-refractivity contribution in [3.8, 4) is 11.5 Å². The van der Waals surface area contributed by atoms with Gasteiger partial charge in [-0.25, -0.2) is 24.4 Å². The first-order valence-electron chi connectivity index (χ1n) is 18.7. The molecule has 1 fully saturated rings. The Morgan fingerprint density at radius 1 is 0.946 bits per heavy atom. The second kappa shape index (κ2) is 17.3. The molecule has 302 valence electrons. The molecule has 3 aliphatic rings. The summed E-state index contributed by atoms with van der Waals surface area (Å²) in [5, 5.41) is 0. The summed E-state index contributed by atoms with van der Waals surface area (Å²) >= 11 is 2.25. The number of benzene rings is 1. The van der Waals surface area contributed by atoms with Gasteiger partial charge in [-0.15, -0.1) is 22.7 Å². The Morgan fingerprint density at radius 3 is 2.21 bits per heavy atom. The van der Waals surface area contributed by atoms with Crippen LogP contribution in [0.25, 0.3) is 0 Å². The minimum absolute atomic E-state index is 0.0328. The summed E-state index contributed by atoms with van der Waals surface area (Å²) in [5.74, 6) is -1.84. The average molecular weight is 812 g/mol. The fourth-order valence-electron chi connectivity index (χ4n) is 7.89. The Morgan fingerprint density at radius 2 is 1.61 bits per heavy atom. The fraction of sp³-hybridized carbons (Fsp3) is 0.550. The van der Waals surface area contributed by atoms with Crippen LogP contribution in [0.3, 0.4) is 0 Å². The van der Waals surface area contributed by atoms with Crippen molar-refractivity contribution in [3.05, 3.63) is 67.3 Å². The van der Waals surface area contributed by atoms with Crippen molar-refractivity contribution < 1.29 is 52.3 Å². The van der Waals surface area contributed by atoms with E-state index >= 15 is 4.79 Å². The molecule has 0 saturated carbocycles. The predicted octanol–water partition coefficient (Wildman–Crippen LogP) is 6.48. The van der Waals surface area contributed by atoms with Crippen LogP contribution in [0.15, 0.2) is 35.0 Å². The lowest BCUT2D eigenvalue weighted by atomic mass is 9.81. The van der Waals surface area contributed by atoms with Crippen LogP contribution in [0.2, 0.25) is 0 Å².